The minimum absolute atomic E-state index is 0.234. The van der Waals surface area contributed by atoms with Gasteiger partial charge >= 0.3 is 5.69 Å². The van der Waals surface area contributed by atoms with Gasteiger partial charge in [0.05, 0.1) is 0 Å². The first-order chi connectivity index (χ1) is 9.04. The third-order valence-electron chi connectivity index (χ3n) is 3.93. The average molecular weight is 266 g/mol. The summed E-state index contributed by atoms with van der Waals surface area (Å²) in [5.41, 5.74) is 0.297. The van der Waals surface area contributed by atoms with Crippen LogP contribution in [0.4, 0.5) is 0 Å². The van der Waals surface area contributed by atoms with Crippen molar-refractivity contribution in [2.45, 2.75) is 25.4 Å². The Hall–Kier alpha value is -1.40. The van der Waals surface area contributed by atoms with Crippen LogP contribution in [0.1, 0.15) is 18.5 Å². The summed E-state index contributed by atoms with van der Waals surface area (Å²) in [6, 6.07) is 2.06. The summed E-state index contributed by atoms with van der Waals surface area (Å²) in [7, 11) is 5.18. The third-order valence-corrected chi connectivity index (χ3v) is 3.93. The Labute approximate surface area is 112 Å². The van der Waals surface area contributed by atoms with E-state index in [1.54, 1.807) is 17.7 Å². The minimum Gasteiger partial charge on any atom is -0.318 e. The van der Waals surface area contributed by atoms with Crippen LogP contribution in [-0.4, -0.2) is 40.2 Å². The van der Waals surface area contributed by atoms with Crippen LogP contribution in [-0.2, 0) is 20.6 Å². The SMILES string of the molecule is CNCC1CCCN1Cc1cc(=O)n(C)c(=O)n1C. The molecule has 0 aliphatic carbocycles. The van der Waals surface area contributed by atoms with E-state index >= 15 is 0 Å². The zero-order valence-electron chi connectivity index (χ0n) is 11.8. The van der Waals surface area contributed by atoms with E-state index in [1.807, 2.05) is 7.05 Å². The van der Waals surface area contributed by atoms with Gasteiger partial charge in [0, 0.05) is 45.0 Å². The first kappa shape index (κ1) is 14.0. The highest BCUT2D eigenvalue weighted by Crippen LogP contribution is 2.18. The van der Waals surface area contributed by atoms with Gasteiger partial charge in [-0.1, -0.05) is 0 Å². The highest BCUT2D eigenvalue weighted by molar-refractivity contribution is 5.03. The summed E-state index contributed by atoms with van der Waals surface area (Å²) < 4.78 is 2.70. The maximum Gasteiger partial charge on any atom is 0.330 e. The molecule has 0 aromatic carbocycles. The fourth-order valence-corrected chi connectivity index (χ4v) is 2.71. The average Bonchev–Trinajstić information content (AvgIpc) is 2.81. The van der Waals surface area contributed by atoms with Crippen LogP contribution in [0.15, 0.2) is 15.7 Å². The molecule has 1 N–H and O–H groups in total. The molecular weight excluding hydrogens is 244 g/mol. The fourth-order valence-electron chi connectivity index (χ4n) is 2.71. The van der Waals surface area contributed by atoms with E-state index in [-0.39, 0.29) is 11.2 Å². The van der Waals surface area contributed by atoms with E-state index in [2.05, 4.69) is 10.2 Å². The first-order valence-corrected chi connectivity index (χ1v) is 6.69. The number of nitrogens with one attached hydrogen (secondary N) is 1. The quantitative estimate of drug-likeness (QED) is 0.780. The van der Waals surface area contributed by atoms with Crippen LogP contribution in [0.25, 0.3) is 0 Å². The lowest BCUT2D eigenvalue weighted by Gasteiger charge is -2.25. The molecule has 0 amide bonds. The van der Waals surface area contributed by atoms with E-state index in [4.69, 9.17) is 0 Å². The number of likely N-dealkylation sites (tertiary alicyclic amines) is 1. The van der Waals surface area contributed by atoms with Crippen LogP contribution in [0.2, 0.25) is 0 Å². The van der Waals surface area contributed by atoms with Gasteiger partial charge in [0.2, 0.25) is 0 Å². The highest BCUT2D eigenvalue weighted by Gasteiger charge is 2.24. The van der Waals surface area contributed by atoms with Crippen LogP contribution >= 0.6 is 0 Å². The molecule has 1 atom stereocenters. The van der Waals surface area contributed by atoms with Crippen molar-refractivity contribution in [1.29, 1.82) is 0 Å². The van der Waals surface area contributed by atoms with E-state index in [0.717, 1.165) is 23.4 Å². The van der Waals surface area contributed by atoms with Crippen molar-refractivity contribution in [2.75, 3.05) is 20.1 Å². The lowest BCUT2D eigenvalue weighted by Crippen LogP contribution is -2.41. The number of nitrogens with zero attached hydrogens (tertiary/aromatic N) is 3. The molecule has 2 rings (SSSR count). The zero-order valence-corrected chi connectivity index (χ0v) is 11.8. The molecule has 0 bridgehead atoms. The van der Waals surface area contributed by atoms with Crippen LogP contribution in [0.5, 0.6) is 0 Å². The number of hydrogen-bond donors (Lipinski definition) is 1. The second-order valence-corrected chi connectivity index (χ2v) is 5.20. The fraction of sp³-hybridized carbons (Fsp3) is 0.692. The summed E-state index contributed by atoms with van der Waals surface area (Å²) in [6.07, 6.45) is 2.34. The van der Waals surface area contributed by atoms with Crippen molar-refractivity contribution in [3.63, 3.8) is 0 Å². The zero-order chi connectivity index (χ0) is 14.0. The molecule has 1 aromatic rings. The summed E-state index contributed by atoms with van der Waals surface area (Å²) in [4.78, 5) is 25.9. The van der Waals surface area contributed by atoms with Gasteiger partial charge in [-0.2, -0.15) is 0 Å². The molecular formula is C13H22N4O2. The standard InChI is InChI=1S/C13H22N4O2/c1-14-8-10-5-4-6-17(10)9-11-7-12(18)16(3)13(19)15(11)2/h7,10,14H,4-6,8-9H2,1-3H3. The molecule has 1 aromatic heterocycles. The Bertz CT molecular complexity index is 561. The molecule has 106 valence electrons. The van der Waals surface area contributed by atoms with Gasteiger partial charge in [-0.3, -0.25) is 18.8 Å². The number of aromatic nitrogens is 2. The molecule has 0 spiro atoms. The smallest absolute Gasteiger partial charge is 0.318 e. The van der Waals surface area contributed by atoms with Gasteiger partial charge in [-0.15, -0.1) is 0 Å². The maximum atomic E-state index is 11.9. The third kappa shape index (κ3) is 2.79. The molecule has 6 nitrogen and oxygen atoms in total. The Balaban J connectivity index is 2.24. The largest absolute Gasteiger partial charge is 0.330 e. The monoisotopic (exact) mass is 266 g/mol. The van der Waals surface area contributed by atoms with Crippen molar-refractivity contribution in [3.05, 3.63) is 32.6 Å². The Morgan fingerprint density at radius 3 is 2.74 bits per heavy atom. The maximum absolute atomic E-state index is 11.9. The summed E-state index contributed by atoms with van der Waals surface area (Å²) in [6.45, 7) is 2.63. The molecule has 6 heteroatoms. The molecule has 1 unspecified atom stereocenters. The van der Waals surface area contributed by atoms with E-state index in [1.165, 1.54) is 19.9 Å². The van der Waals surface area contributed by atoms with Crippen molar-refractivity contribution >= 4 is 0 Å². The van der Waals surface area contributed by atoms with Gasteiger partial charge < -0.3 is 5.32 Å². The molecule has 1 saturated heterocycles. The van der Waals surface area contributed by atoms with Crippen LogP contribution in [0, 0.1) is 0 Å². The lowest BCUT2D eigenvalue weighted by molar-refractivity contribution is 0.235. The Morgan fingerprint density at radius 1 is 1.32 bits per heavy atom. The molecule has 19 heavy (non-hydrogen) atoms. The summed E-state index contributed by atoms with van der Waals surface area (Å²) in [5.74, 6) is 0. The molecule has 0 radical (unpaired) electrons. The van der Waals surface area contributed by atoms with Gasteiger partial charge in [0.1, 0.15) is 0 Å². The number of likely N-dealkylation sites (N-methyl/N-ethyl adjacent to an activating group) is 1. The highest BCUT2D eigenvalue weighted by atomic mass is 16.2. The van der Waals surface area contributed by atoms with Gasteiger partial charge in [0.15, 0.2) is 0 Å². The predicted octanol–water partition coefficient (Wildman–Crippen LogP) is -0.732. The van der Waals surface area contributed by atoms with Crippen molar-refractivity contribution in [1.82, 2.24) is 19.4 Å². The van der Waals surface area contributed by atoms with E-state index < -0.39 is 0 Å². The lowest BCUT2D eigenvalue weighted by atomic mass is 10.2. The Morgan fingerprint density at radius 2 is 2.05 bits per heavy atom. The number of rotatable bonds is 4. The van der Waals surface area contributed by atoms with Crippen molar-refractivity contribution in [3.8, 4) is 0 Å². The topological polar surface area (TPSA) is 59.3 Å². The minimum atomic E-state index is -0.258. The molecule has 0 saturated carbocycles. The van der Waals surface area contributed by atoms with Crippen LogP contribution < -0.4 is 16.6 Å². The van der Waals surface area contributed by atoms with Gasteiger partial charge in [-0.05, 0) is 26.4 Å². The second-order valence-electron chi connectivity index (χ2n) is 5.20. The molecule has 1 aliphatic rings. The normalized spacial score (nSPS) is 20.1. The molecule has 1 fully saturated rings. The predicted molar refractivity (Wildman–Crippen MR) is 74.3 cm³/mol. The van der Waals surface area contributed by atoms with Crippen LogP contribution in [0.3, 0.4) is 0 Å². The molecule has 1 aliphatic heterocycles. The summed E-state index contributed by atoms with van der Waals surface area (Å²) >= 11 is 0. The summed E-state index contributed by atoms with van der Waals surface area (Å²) in [5, 5.41) is 3.20. The van der Waals surface area contributed by atoms with E-state index in [0.29, 0.717) is 12.6 Å². The van der Waals surface area contributed by atoms with Gasteiger partial charge in [0.25, 0.3) is 5.56 Å². The first-order valence-electron chi connectivity index (χ1n) is 6.69. The Kier molecular flexibility index (Phi) is 4.21. The van der Waals surface area contributed by atoms with Crippen molar-refractivity contribution < 1.29 is 0 Å². The molecule has 2 heterocycles. The number of hydrogen-bond acceptors (Lipinski definition) is 4. The van der Waals surface area contributed by atoms with Gasteiger partial charge in [-0.25, -0.2) is 4.79 Å². The van der Waals surface area contributed by atoms with E-state index in [9.17, 15) is 9.59 Å². The van der Waals surface area contributed by atoms with Crippen molar-refractivity contribution in [2.24, 2.45) is 14.1 Å². The second kappa shape index (κ2) is 5.71.